The van der Waals surface area contributed by atoms with E-state index in [0.717, 1.165) is 6.54 Å². The van der Waals surface area contributed by atoms with Gasteiger partial charge in [0.1, 0.15) is 0 Å². The molecular formula is C13H28ClN. The molecule has 0 fully saturated rings. The van der Waals surface area contributed by atoms with Gasteiger partial charge in [-0.25, -0.2) is 0 Å². The Morgan fingerprint density at radius 2 is 1.47 bits per heavy atom. The van der Waals surface area contributed by atoms with E-state index in [1.54, 1.807) is 0 Å². The summed E-state index contributed by atoms with van der Waals surface area (Å²) in [4.78, 5) is 0. The van der Waals surface area contributed by atoms with E-state index in [1.165, 1.54) is 57.9 Å². The van der Waals surface area contributed by atoms with Crippen LogP contribution >= 0.6 is 12.4 Å². The third-order valence-electron chi connectivity index (χ3n) is 2.51. The normalized spacial score (nSPS) is 9.67. The fraction of sp³-hybridized carbons (Fsp3) is 0.846. The number of unbranched alkanes of at least 4 members (excludes halogenated alkanes) is 7. The van der Waals surface area contributed by atoms with Gasteiger partial charge in [0, 0.05) is 0 Å². The van der Waals surface area contributed by atoms with E-state index in [9.17, 15) is 0 Å². The summed E-state index contributed by atoms with van der Waals surface area (Å²) in [6.45, 7) is 8.21. The van der Waals surface area contributed by atoms with Gasteiger partial charge in [-0.2, -0.15) is 0 Å². The van der Waals surface area contributed by atoms with E-state index < -0.39 is 0 Å². The molecule has 0 saturated carbocycles. The quantitative estimate of drug-likeness (QED) is 0.414. The Labute approximate surface area is 102 Å². The van der Waals surface area contributed by atoms with Crippen molar-refractivity contribution in [3.8, 4) is 0 Å². The fourth-order valence-corrected chi connectivity index (χ4v) is 1.60. The van der Waals surface area contributed by atoms with Crippen LogP contribution in [-0.4, -0.2) is 13.1 Å². The molecule has 0 heterocycles. The Bertz CT molecular complexity index is 115. The number of halogens is 1. The summed E-state index contributed by atoms with van der Waals surface area (Å²) >= 11 is 0. The smallest absolute Gasteiger partial charge is 0.00490 e. The first-order valence-corrected chi connectivity index (χ1v) is 6.23. The molecule has 0 aliphatic carbocycles. The van der Waals surface area contributed by atoms with E-state index in [2.05, 4.69) is 18.8 Å². The highest BCUT2D eigenvalue weighted by molar-refractivity contribution is 5.85. The van der Waals surface area contributed by atoms with Crippen LogP contribution in [0.1, 0.15) is 58.3 Å². The molecule has 92 valence electrons. The van der Waals surface area contributed by atoms with Gasteiger partial charge in [-0.3, -0.25) is 0 Å². The Morgan fingerprint density at radius 3 is 2.00 bits per heavy atom. The van der Waals surface area contributed by atoms with Gasteiger partial charge in [0.25, 0.3) is 0 Å². The zero-order chi connectivity index (χ0) is 10.5. The summed E-state index contributed by atoms with van der Waals surface area (Å²) in [7, 11) is 0. The third-order valence-corrected chi connectivity index (χ3v) is 2.51. The van der Waals surface area contributed by atoms with Gasteiger partial charge in [-0.1, -0.05) is 45.1 Å². The molecule has 0 bridgehead atoms. The topological polar surface area (TPSA) is 12.0 Å². The van der Waals surface area contributed by atoms with Crippen molar-refractivity contribution < 1.29 is 0 Å². The molecule has 0 spiro atoms. The molecule has 15 heavy (non-hydrogen) atoms. The zero-order valence-electron chi connectivity index (χ0n) is 10.3. The van der Waals surface area contributed by atoms with E-state index in [1.807, 2.05) is 6.08 Å². The Balaban J connectivity index is 0. The Kier molecular flexibility index (Phi) is 19.0. The Hall–Kier alpha value is -0.0100. The molecule has 0 aromatic carbocycles. The molecule has 0 atom stereocenters. The van der Waals surface area contributed by atoms with Gasteiger partial charge in [0.15, 0.2) is 0 Å². The minimum Gasteiger partial charge on any atom is -0.317 e. The number of allylic oxidation sites excluding steroid dienone is 1. The highest BCUT2D eigenvalue weighted by Gasteiger charge is 1.90. The lowest BCUT2D eigenvalue weighted by Gasteiger charge is -2.02. The van der Waals surface area contributed by atoms with Crippen molar-refractivity contribution in [1.82, 2.24) is 5.32 Å². The molecule has 0 amide bonds. The first-order chi connectivity index (χ1) is 6.91. The lowest BCUT2D eigenvalue weighted by Crippen LogP contribution is -2.13. The summed E-state index contributed by atoms with van der Waals surface area (Å²) in [5.41, 5.74) is 0. The first kappa shape index (κ1) is 17.4. The largest absolute Gasteiger partial charge is 0.317 e. The average molecular weight is 234 g/mol. The minimum atomic E-state index is 0. The molecule has 0 unspecified atom stereocenters. The summed E-state index contributed by atoms with van der Waals surface area (Å²) in [6, 6.07) is 0. The van der Waals surface area contributed by atoms with E-state index >= 15 is 0 Å². The molecule has 0 aromatic rings. The van der Waals surface area contributed by atoms with Crippen molar-refractivity contribution in [3.05, 3.63) is 12.7 Å². The highest BCUT2D eigenvalue weighted by Crippen LogP contribution is 2.08. The molecule has 0 aromatic heterocycles. The molecule has 0 radical (unpaired) electrons. The number of hydrogen-bond acceptors (Lipinski definition) is 1. The Morgan fingerprint density at radius 1 is 0.933 bits per heavy atom. The predicted molar refractivity (Wildman–Crippen MR) is 72.9 cm³/mol. The molecule has 1 nitrogen and oxygen atoms in total. The second-order valence-electron chi connectivity index (χ2n) is 3.91. The summed E-state index contributed by atoms with van der Waals surface area (Å²) in [5.74, 6) is 0. The zero-order valence-corrected chi connectivity index (χ0v) is 11.1. The lowest BCUT2D eigenvalue weighted by atomic mass is 10.1. The van der Waals surface area contributed by atoms with Crippen molar-refractivity contribution in [2.24, 2.45) is 0 Å². The first-order valence-electron chi connectivity index (χ1n) is 6.23. The van der Waals surface area contributed by atoms with Crippen LogP contribution in [0.2, 0.25) is 0 Å². The summed E-state index contributed by atoms with van der Waals surface area (Å²) in [5, 5.41) is 3.36. The van der Waals surface area contributed by atoms with Gasteiger partial charge in [-0.05, 0) is 32.4 Å². The average Bonchev–Trinajstić information content (AvgIpc) is 2.21. The second kappa shape index (κ2) is 16.4. The van der Waals surface area contributed by atoms with E-state index in [4.69, 9.17) is 0 Å². The van der Waals surface area contributed by atoms with Crippen LogP contribution in [0.3, 0.4) is 0 Å². The standard InChI is InChI=1S/C13H27N.ClH/c1-3-5-6-7-8-9-10-11-12-13-14-4-2;/h3,14H,1,4-13H2,2H3;1H. The molecular weight excluding hydrogens is 206 g/mol. The fourth-order valence-electron chi connectivity index (χ4n) is 1.60. The maximum Gasteiger partial charge on any atom is -0.00490 e. The van der Waals surface area contributed by atoms with Crippen LogP contribution in [0.15, 0.2) is 12.7 Å². The van der Waals surface area contributed by atoms with Crippen LogP contribution in [0.4, 0.5) is 0 Å². The monoisotopic (exact) mass is 233 g/mol. The van der Waals surface area contributed by atoms with Crippen LogP contribution < -0.4 is 5.32 Å². The van der Waals surface area contributed by atoms with Crippen molar-refractivity contribution in [1.29, 1.82) is 0 Å². The summed E-state index contributed by atoms with van der Waals surface area (Å²) in [6.07, 6.45) is 12.9. The maximum absolute atomic E-state index is 3.73. The molecule has 0 rings (SSSR count). The highest BCUT2D eigenvalue weighted by atomic mass is 35.5. The third kappa shape index (κ3) is 16.7. The SMILES string of the molecule is C=CCCCCCCCCCNCC.Cl. The molecule has 0 aliphatic heterocycles. The van der Waals surface area contributed by atoms with E-state index in [0.29, 0.717) is 0 Å². The van der Waals surface area contributed by atoms with Gasteiger partial charge >= 0.3 is 0 Å². The van der Waals surface area contributed by atoms with Gasteiger partial charge < -0.3 is 5.32 Å². The van der Waals surface area contributed by atoms with Crippen LogP contribution in [-0.2, 0) is 0 Å². The van der Waals surface area contributed by atoms with Crippen LogP contribution in [0.5, 0.6) is 0 Å². The van der Waals surface area contributed by atoms with E-state index in [-0.39, 0.29) is 12.4 Å². The molecule has 0 aliphatic rings. The molecule has 2 heteroatoms. The number of rotatable bonds is 11. The predicted octanol–water partition coefficient (Wildman–Crippen LogP) is 4.32. The summed E-state index contributed by atoms with van der Waals surface area (Å²) < 4.78 is 0. The van der Waals surface area contributed by atoms with Crippen LogP contribution in [0.25, 0.3) is 0 Å². The van der Waals surface area contributed by atoms with Gasteiger partial charge in [0.05, 0.1) is 0 Å². The van der Waals surface area contributed by atoms with Crippen molar-refractivity contribution >= 4 is 12.4 Å². The van der Waals surface area contributed by atoms with Crippen molar-refractivity contribution in [2.75, 3.05) is 13.1 Å². The van der Waals surface area contributed by atoms with Gasteiger partial charge in [-0.15, -0.1) is 19.0 Å². The van der Waals surface area contributed by atoms with Crippen molar-refractivity contribution in [3.63, 3.8) is 0 Å². The minimum absolute atomic E-state index is 0. The number of nitrogens with one attached hydrogen (secondary N) is 1. The number of hydrogen-bond donors (Lipinski definition) is 1. The molecule has 0 saturated heterocycles. The van der Waals surface area contributed by atoms with Crippen LogP contribution in [0, 0.1) is 0 Å². The van der Waals surface area contributed by atoms with Gasteiger partial charge in [0.2, 0.25) is 0 Å². The lowest BCUT2D eigenvalue weighted by molar-refractivity contribution is 0.564. The second-order valence-corrected chi connectivity index (χ2v) is 3.91. The molecule has 1 N–H and O–H groups in total. The maximum atomic E-state index is 3.73. The van der Waals surface area contributed by atoms with Crippen molar-refractivity contribution in [2.45, 2.75) is 58.3 Å².